The molecule has 7 heteroatoms. The molecule has 1 aliphatic rings. The minimum absolute atomic E-state index is 0.0847. The molecule has 0 spiro atoms. The topological polar surface area (TPSA) is 71.8 Å². The number of halogens is 1. The van der Waals surface area contributed by atoms with Gasteiger partial charge in [-0.2, -0.15) is 0 Å². The van der Waals surface area contributed by atoms with Crippen molar-refractivity contribution in [3.63, 3.8) is 0 Å². The summed E-state index contributed by atoms with van der Waals surface area (Å²) in [7, 11) is 0. The summed E-state index contributed by atoms with van der Waals surface area (Å²) in [5.74, 6) is -1.00. The average molecular weight is 359 g/mol. The average Bonchev–Trinajstić information content (AvgIpc) is 2.80. The molecule has 1 aromatic rings. The van der Waals surface area contributed by atoms with Gasteiger partial charge in [0.2, 0.25) is 0 Å². The lowest BCUT2D eigenvalue weighted by Crippen LogP contribution is -2.46. The predicted octanol–water partition coefficient (Wildman–Crippen LogP) is 2.15. The van der Waals surface area contributed by atoms with E-state index in [1.807, 2.05) is 24.6 Å². The Kier molecular flexibility index (Phi) is 5.05. The zero-order chi connectivity index (χ0) is 15.6. The van der Waals surface area contributed by atoms with E-state index in [2.05, 4.69) is 15.9 Å². The fraction of sp³-hybridized carbons (Fsp3) is 0.571. The Morgan fingerprint density at radius 2 is 2.24 bits per heavy atom. The van der Waals surface area contributed by atoms with E-state index in [-0.39, 0.29) is 18.4 Å². The van der Waals surface area contributed by atoms with Crippen LogP contribution in [0.4, 0.5) is 0 Å². The second-order valence-corrected chi connectivity index (χ2v) is 6.30. The molecule has 0 radical (unpaired) electrons. The molecular weight excluding hydrogens is 340 g/mol. The van der Waals surface area contributed by atoms with Gasteiger partial charge in [0.1, 0.15) is 5.69 Å². The molecule has 2 heterocycles. The first-order valence-electron chi connectivity index (χ1n) is 6.88. The van der Waals surface area contributed by atoms with Crippen LogP contribution in [-0.4, -0.2) is 52.3 Å². The zero-order valence-electron chi connectivity index (χ0n) is 12.1. The number of rotatable bonds is 4. The standard InChI is InChI=1S/C14H19BrN2O4/c1-9(2)17-7-10(15)5-12(17)14(20)16-3-4-21-11(8-16)6-13(18)19/h5,7,9,11H,3-4,6,8H2,1-2H3,(H,18,19). The highest BCUT2D eigenvalue weighted by atomic mass is 79.9. The summed E-state index contributed by atoms with van der Waals surface area (Å²) in [5, 5.41) is 8.83. The maximum absolute atomic E-state index is 12.7. The fourth-order valence-corrected chi connectivity index (χ4v) is 2.87. The third-order valence-electron chi connectivity index (χ3n) is 3.42. The number of carbonyl (C=O) groups is 2. The molecule has 116 valence electrons. The van der Waals surface area contributed by atoms with Gasteiger partial charge >= 0.3 is 5.97 Å². The van der Waals surface area contributed by atoms with Crippen LogP contribution >= 0.6 is 15.9 Å². The van der Waals surface area contributed by atoms with Crippen LogP contribution in [0.2, 0.25) is 0 Å². The van der Waals surface area contributed by atoms with E-state index in [9.17, 15) is 9.59 Å². The summed E-state index contributed by atoms with van der Waals surface area (Å²) < 4.78 is 8.16. The van der Waals surface area contributed by atoms with Crippen molar-refractivity contribution in [3.8, 4) is 0 Å². The Bertz CT molecular complexity index is 541. The molecule has 1 unspecified atom stereocenters. The molecule has 0 saturated carbocycles. The van der Waals surface area contributed by atoms with Crippen LogP contribution in [0.3, 0.4) is 0 Å². The molecule has 1 aliphatic heterocycles. The van der Waals surface area contributed by atoms with Gasteiger partial charge in [0, 0.05) is 29.8 Å². The SMILES string of the molecule is CC(C)n1cc(Br)cc1C(=O)N1CCOC(CC(=O)O)C1. The van der Waals surface area contributed by atoms with Gasteiger partial charge in [-0.05, 0) is 35.8 Å². The molecule has 2 rings (SSSR count). The number of nitrogens with zero attached hydrogens (tertiary/aromatic N) is 2. The quantitative estimate of drug-likeness (QED) is 0.894. The van der Waals surface area contributed by atoms with Crippen molar-refractivity contribution in [2.24, 2.45) is 0 Å². The van der Waals surface area contributed by atoms with Crippen molar-refractivity contribution in [3.05, 3.63) is 22.4 Å². The van der Waals surface area contributed by atoms with E-state index in [0.29, 0.717) is 25.4 Å². The number of carboxylic acids is 1. The Morgan fingerprint density at radius 3 is 2.86 bits per heavy atom. The summed E-state index contributed by atoms with van der Waals surface area (Å²) in [6, 6.07) is 1.97. The molecule has 1 atom stereocenters. The number of aromatic nitrogens is 1. The Balaban J connectivity index is 2.14. The van der Waals surface area contributed by atoms with Crippen molar-refractivity contribution in [2.45, 2.75) is 32.4 Å². The number of hydrogen-bond donors (Lipinski definition) is 1. The summed E-state index contributed by atoms with van der Waals surface area (Å²) in [5.41, 5.74) is 0.604. The molecule has 1 aromatic heterocycles. The molecule has 1 saturated heterocycles. The van der Waals surface area contributed by atoms with E-state index in [1.165, 1.54) is 0 Å². The number of morpholine rings is 1. The Labute approximate surface area is 131 Å². The van der Waals surface area contributed by atoms with Gasteiger partial charge in [-0.3, -0.25) is 9.59 Å². The van der Waals surface area contributed by atoms with Crippen LogP contribution in [0.5, 0.6) is 0 Å². The molecule has 1 amide bonds. The molecular formula is C14H19BrN2O4. The van der Waals surface area contributed by atoms with E-state index < -0.39 is 12.1 Å². The van der Waals surface area contributed by atoms with E-state index in [0.717, 1.165) is 4.47 Å². The minimum Gasteiger partial charge on any atom is -0.481 e. The highest BCUT2D eigenvalue weighted by Gasteiger charge is 2.28. The molecule has 1 fully saturated rings. The van der Waals surface area contributed by atoms with Gasteiger partial charge in [0.05, 0.1) is 19.1 Å². The molecule has 1 N–H and O–H groups in total. The van der Waals surface area contributed by atoms with Crippen molar-refractivity contribution < 1.29 is 19.4 Å². The molecule has 21 heavy (non-hydrogen) atoms. The van der Waals surface area contributed by atoms with E-state index >= 15 is 0 Å². The number of amides is 1. The van der Waals surface area contributed by atoms with Crippen molar-refractivity contribution in [1.82, 2.24) is 9.47 Å². The van der Waals surface area contributed by atoms with E-state index in [4.69, 9.17) is 9.84 Å². The first kappa shape index (κ1) is 16.0. The maximum Gasteiger partial charge on any atom is 0.306 e. The summed E-state index contributed by atoms with van der Waals surface area (Å²) in [4.78, 5) is 25.1. The van der Waals surface area contributed by atoms with Gasteiger partial charge in [0.15, 0.2) is 0 Å². The third-order valence-corrected chi connectivity index (χ3v) is 3.85. The number of ether oxygens (including phenoxy) is 1. The highest BCUT2D eigenvalue weighted by molar-refractivity contribution is 9.10. The van der Waals surface area contributed by atoms with Crippen LogP contribution in [0.1, 0.15) is 36.8 Å². The van der Waals surface area contributed by atoms with Gasteiger partial charge in [-0.15, -0.1) is 0 Å². The Morgan fingerprint density at radius 1 is 1.52 bits per heavy atom. The number of carboxylic acid groups (broad SMARTS) is 1. The van der Waals surface area contributed by atoms with Gasteiger partial charge in [-0.25, -0.2) is 0 Å². The van der Waals surface area contributed by atoms with Crippen molar-refractivity contribution in [1.29, 1.82) is 0 Å². The van der Waals surface area contributed by atoms with Crippen LogP contribution in [0.25, 0.3) is 0 Å². The molecule has 6 nitrogen and oxygen atoms in total. The summed E-state index contributed by atoms with van der Waals surface area (Å²) in [6.45, 7) is 5.18. The second kappa shape index (κ2) is 6.62. The maximum atomic E-state index is 12.7. The number of aliphatic carboxylic acids is 1. The normalized spacial score (nSPS) is 19.0. The van der Waals surface area contributed by atoms with Gasteiger partial charge < -0.3 is 19.3 Å². The van der Waals surface area contributed by atoms with Crippen molar-refractivity contribution >= 4 is 27.8 Å². The van der Waals surface area contributed by atoms with Gasteiger partial charge in [-0.1, -0.05) is 0 Å². The predicted molar refractivity (Wildman–Crippen MR) is 80.4 cm³/mol. The van der Waals surface area contributed by atoms with Crippen LogP contribution in [-0.2, 0) is 9.53 Å². The number of carbonyl (C=O) groups excluding carboxylic acids is 1. The largest absolute Gasteiger partial charge is 0.481 e. The first-order chi connectivity index (χ1) is 9.88. The van der Waals surface area contributed by atoms with Gasteiger partial charge in [0.25, 0.3) is 5.91 Å². The Hall–Kier alpha value is -1.34. The lowest BCUT2D eigenvalue weighted by molar-refractivity contribution is -0.141. The van der Waals surface area contributed by atoms with E-state index in [1.54, 1.807) is 11.0 Å². The van der Waals surface area contributed by atoms with Crippen LogP contribution in [0.15, 0.2) is 16.7 Å². The molecule has 0 aromatic carbocycles. The highest BCUT2D eigenvalue weighted by Crippen LogP contribution is 2.22. The minimum atomic E-state index is -0.914. The first-order valence-corrected chi connectivity index (χ1v) is 7.68. The van der Waals surface area contributed by atoms with Crippen LogP contribution < -0.4 is 0 Å². The fourth-order valence-electron chi connectivity index (χ4n) is 2.43. The molecule has 0 aliphatic carbocycles. The number of hydrogen-bond acceptors (Lipinski definition) is 3. The lowest BCUT2D eigenvalue weighted by Gasteiger charge is -2.32. The van der Waals surface area contributed by atoms with Crippen LogP contribution in [0, 0.1) is 0 Å². The second-order valence-electron chi connectivity index (χ2n) is 5.39. The smallest absolute Gasteiger partial charge is 0.306 e. The monoisotopic (exact) mass is 358 g/mol. The summed E-state index contributed by atoms with van der Waals surface area (Å²) in [6.07, 6.45) is 1.36. The summed E-state index contributed by atoms with van der Waals surface area (Å²) >= 11 is 3.39. The van der Waals surface area contributed by atoms with Crippen molar-refractivity contribution in [2.75, 3.05) is 19.7 Å². The lowest BCUT2D eigenvalue weighted by atomic mass is 10.2. The zero-order valence-corrected chi connectivity index (χ0v) is 13.7. The molecule has 0 bridgehead atoms. The third kappa shape index (κ3) is 3.85.